The predicted molar refractivity (Wildman–Crippen MR) is 49.3 cm³/mol. The lowest BCUT2D eigenvalue weighted by molar-refractivity contribution is 0.147. The molecule has 14 heavy (non-hydrogen) atoms. The van der Waals surface area contributed by atoms with Gasteiger partial charge in [0.2, 0.25) is 0 Å². The monoisotopic (exact) mass is 217 g/mol. The fourth-order valence-corrected chi connectivity index (χ4v) is 2.49. The van der Waals surface area contributed by atoms with E-state index in [0.29, 0.717) is 4.90 Å². The summed E-state index contributed by atoms with van der Waals surface area (Å²) in [7, 11) is -1.34. The first-order chi connectivity index (χ1) is 6.66. The van der Waals surface area contributed by atoms with Crippen LogP contribution in [0.25, 0.3) is 0 Å². The Kier molecular flexibility index (Phi) is 2.60. The minimum atomic E-state index is -1.34. The summed E-state index contributed by atoms with van der Waals surface area (Å²) < 4.78 is 38.2. The smallest absolute Gasteiger partial charge is 0.127 e. The summed E-state index contributed by atoms with van der Waals surface area (Å²) in [6.45, 7) is 0.397. The number of rotatable bonds is 2. The zero-order valence-electron chi connectivity index (χ0n) is 7.32. The molecule has 0 aromatic heterocycles. The first-order valence-corrected chi connectivity index (χ1v) is 5.34. The second kappa shape index (κ2) is 3.74. The van der Waals surface area contributed by atoms with Gasteiger partial charge in [0.1, 0.15) is 23.0 Å². The molecule has 1 unspecified atom stereocenters. The lowest BCUT2D eigenvalue weighted by Crippen LogP contribution is -2.48. The van der Waals surface area contributed by atoms with Gasteiger partial charge >= 0.3 is 0 Å². The lowest BCUT2D eigenvalue weighted by atomic mass is 10.3. The molecule has 5 heteroatoms. The summed E-state index contributed by atoms with van der Waals surface area (Å²) in [5.41, 5.74) is 0. The standard InChI is InChI=1S/C9H9F2NOS/c10-7-1-3-9(4-2-7)14(13)12-5-8(11)6-12/h1-4,8H,5-6H2. The summed E-state index contributed by atoms with van der Waals surface area (Å²) in [6.07, 6.45) is -0.876. The molecule has 0 bridgehead atoms. The molecule has 1 atom stereocenters. The van der Waals surface area contributed by atoms with E-state index in [1.165, 1.54) is 28.6 Å². The van der Waals surface area contributed by atoms with Crippen molar-refractivity contribution < 1.29 is 13.0 Å². The van der Waals surface area contributed by atoms with Gasteiger partial charge in [0.15, 0.2) is 0 Å². The Balaban J connectivity index is 2.08. The van der Waals surface area contributed by atoms with Gasteiger partial charge in [-0.15, -0.1) is 0 Å². The Bertz CT molecular complexity index is 348. The van der Waals surface area contributed by atoms with Crippen LogP contribution in [0.15, 0.2) is 29.2 Å². The van der Waals surface area contributed by atoms with E-state index >= 15 is 0 Å². The highest BCUT2D eigenvalue weighted by molar-refractivity contribution is 7.82. The molecule has 0 aliphatic carbocycles. The molecule has 1 saturated heterocycles. The van der Waals surface area contributed by atoms with Crippen molar-refractivity contribution in [3.63, 3.8) is 0 Å². The number of benzene rings is 1. The predicted octanol–water partition coefficient (Wildman–Crippen LogP) is 1.50. The number of hydrogen-bond acceptors (Lipinski definition) is 1. The van der Waals surface area contributed by atoms with Crippen LogP contribution in [0.2, 0.25) is 0 Å². The molecule has 76 valence electrons. The van der Waals surface area contributed by atoms with Crippen LogP contribution in [0.1, 0.15) is 0 Å². The zero-order valence-corrected chi connectivity index (χ0v) is 8.14. The number of alkyl halides is 1. The zero-order chi connectivity index (χ0) is 10.1. The third-order valence-electron chi connectivity index (χ3n) is 2.05. The maximum absolute atomic E-state index is 12.5. The molecule has 1 aliphatic heterocycles. The third kappa shape index (κ3) is 1.83. The van der Waals surface area contributed by atoms with Crippen molar-refractivity contribution in [1.82, 2.24) is 4.31 Å². The molecule has 1 heterocycles. The Hall–Kier alpha value is -0.810. The Morgan fingerprint density at radius 3 is 2.36 bits per heavy atom. The molecule has 2 rings (SSSR count). The minimum Gasteiger partial charge on any atom is -0.245 e. The normalized spacial score (nSPS) is 20.4. The quantitative estimate of drug-likeness (QED) is 0.735. The fraction of sp³-hybridized carbons (Fsp3) is 0.333. The molecule has 1 aromatic carbocycles. The van der Waals surface area contributed by atoms with Crippen molar-refractivity contribution >= 4 is 11.0 Å². The fourth-order valence-electron chi connectivity index (χ4n) is 1.22. The molecule has 0 amide bonds. The van der Waals surface area contributed by atoms with Crippen molar-refractivity contribution in [2.24, 2.45) is 0 Å². The first-order valence-electron chi connectivity index (χ1n) is 4.23. The van der Waals surface area contributed by atoms with Crippen molar-refractivity contribution in [1.29, 1.82) is 0 Å². The van der Waals surface area contributed by atoms with Gasteiger partial charge in [-0.25, -0.2) is 17.3 Å². The molecule has 1 fully saturated rings. The highest BCUT2D eigenvalue weighted by Gasteiger charge is 2.31. The van der Waals surface area contributed by atoms with Crippen LogP contribution < -0.4 is 0 Å². The summed E-state index contributed by atoms with van der Waals surface area (Å²) in [5.74, 6) is -0.363. The topological polar surface area (TPSA) is 20.3 Å². The van der Waals surface area contributed by atoms with Crippen molar-refractivity contribution in [2.75, 3.05) is 13.1 Å². The van der Waals surface area contributed by atoms with E-state index in [2.05, 4.69) is 0 Å². The van der Waals surface area contributed by atoms with Gasteiger partial charge in [0, 0.05) is 13.1 Å². The van der Waals surface area contributed by atoms with E-state index in [4.69, 9.17) is 0 Å². The lowest BCUT2D eigenvalue weighted by Gasteiger charge is -2.32. The molecule has 2 nitrogen and oxygen atoms in total. The van der Waals surface area contributed by atoms with E-state index in [-0.39, 0.29) is 18.9 Å². The van der Waals surface area contributed by atoms with Crippen LogP contribution >= 0.6 is 0 Å². The van der Waals surface area contributed by atoms with E-state index in [1.807, 2.05) is 0 Å². The van der Waals surface area contributed by atoms with Gasteiger partial charge in [0.25, 0.3) is 0 Å². The highest BCUT2D eigenvalue weighted by Crippen LogP contribution is 2.19. The van der Waals surface area contributed by atoms with Gasteiger partial charge < -0.3 is 0 Å². The molecular weight excluding hydrogens is 208 g/mol. The SMILES string of the molecule is O=S(c1ccc(F)cc1)N1CC(F)C1. The molecule has 0 N–H and O–H groups in total. The summed E-state index contributed by atoms with van der Waals surface area (Å²) in [6, 6.07) is 5.41. The average Bonchev–Trinajstić information content (AvgIpc) is 2.13. The van der Waals surface area contributed by atoms with Gasteiger partial charge in [-0.05, 0) is 24.3 Å². The third-order valence-corrected chi connectivity index (χ3v) is 3.50. The van der Waals surface area contributed by atoms with Crippen LogP contribution in [-0.4, -0.2) is 27.8 Å². The number of nitrogens with zero attached hydrogens (tertiary/aromatic N) is 1. The van der Waals surface area contributed by atoms with E-state index in [9.17, 15) is 13.0 Å². The molecule has 0 spiro atoms. The molecule has 1 aliphatic rings. The van der Waals surface area contributed by atoms with Gasteiger partial charge in [-0.3, -0.25) is 0 Å². The van der Waals surface area contributed by atoms with Gasteiger partial charge in [-0.2, -0.15) is 0 Å². The van der Waals surface area contributed by atoms with Crippen molar-refractivity contribution in [3.05, 3.63) is 30.1 Å². The van der Waals surface area contributed by atoms with Crippen LogP contribution in [-0.2, 0) is 11.0 Å². The summed E-state index contributed by atoms with van der Waals surface area (Å²) in [4.78, 5) is 0.512. The van der Waals surface area contributed by atoms with Gasteiger partial charge in [-0.1, -0.05) is 0 Å². The highest BCUT2D eigenvalue weighted by atomic mass is 32.2. The van der Waals surface area contributed by atoms with Crippen molar-refractivity contribution in [2.45, 2.75) is 11.1 Å². The van der Waals surface area contributed by atoms with Crippen LogP contribution in [0.3, 0.4) is 0 Å². The molecule has 0 radical (unpaired) electrons. The number of hydrogen-bond donors (Lipinski definition) is 0. The number of halogens is 2. The Morgan fingerprint density at radius 1 is 1.29 bits per heavy atom. The first kappa shape index (κ1) is 9.73. The minimum absolute atomic E-state index is 0.198. The largest absolute Gasteiger partial charge is 0.245 e. The Labute approximate surface area is 83.1 Å². The van der Waals surface area contributed by atoms with E-state index in [1.54, 1.807) is 0 Å². The molecule has 1 aromatic rings. The second-order valence-corrected chi connectivity index (χ2v) is 4.63. The van der Waals surface area contributed by atoms with Crippen LogP contribution in [0, 0.1) is 5.82 Å². The van der Waals surface area contributed by atoms with Gasteiger partial charge in [0.05, 0.1) is 4.90 Å². The molecule has 0 saturated carbocycles. The van der Waals surface area contributed by atoms with Crippen molar-refractivity contribution in [3.8, 4) is 0 Å². The van der Waals surface area contributed by atoms with Crippen LogP contribution in [0.5, 0.6) is 0 Å². The maximum Gasteiger partial charge on any atom is 0.127 e. The summed E-state index contributed by atoms with van der Waals surface area (Å²) in [5, 5.41) is 0. The van der Waals surface area contributed by atoms with E-state index < -0.39 is 17.2 Å². The molecular formula is C9H9F2NOS. The summed E-state index contributed by atoms with van der Waals surface area (Å²) >= 11 is 0. The maximum atomic E-state index is 12.5. The van der Waals surface area contributed by atoms with Crippen LogP contribution in [0.4, 0.5) is 8.78 Å². The average molecular weight is 217 g/mol. The Morgan fingerprint density at radius 2 is 1.86 bits per heavy atom. The van der Waals surface area contributed by atoms with E-state index in [0.717, 1.165) is 0 Å². The second-order valence-electron chi connectivity index (χ2n) is 3.15.